The van der Waals surface area contributed by atoms with Crippen molar-refractivity contribution in [3.63, 3.8) is 0 Å². The highest BCUT2D eigenvalue weighted by Gasteiger charge is 1.91. The lowest BCUT2D eigenvalue weighted by atomic mass is 10.1. The van der Waals surface area contributed by atoms with Crippen molar-refractivity contribution in [1.29, 1.82) is 0 Å². The van der Waals surface area contributed by atoms with Crippen LogP contribution >= 0.6 is 0 Å². The van der Waals surface area contributed by atoms with Crippen LogP contribution in [0.25, 0.3) is 0 Å². The van der Waals surface area contributed by atoms with E-state index in [1.807, 2.05) is 0 Å². The maximum Gasteiger partial charge on any atom is 0.0854 e. The first-order valence-corrected chi connectivity index (χ1v) is 5.01. The van der Waals surface area contributed by atoms with Gasteiger partial charge >= 0.3 is 0 Å². The molecule has 0 rings (SSSR count). The van der Waals surface area contributed by atoms with E-state index in [0.717, 1.165) is 12.8 Å². The fourth-order valence-corrected chi connectivity index (χ4v) is 1.17. The average Bonchev–Trinajstić information content (AvgIpc) is 2.16. The highest BCUT2D eigenvalue weighted by atomic mass is 17.6. The third kappa shape index (κ3) is 11.8. The zero-order valence-corrected chi connectivity index (χ0v) is 8.33. The van der Waals surface area contributed by atoms with E-state index in [1.165, 1.54) is 32.1 Å². The van der Waals surface area contributed by atoms with Gasteiger partial charge in [0.15, 0.2) is 0 Å². The van der Waals surface area contributed by atoms with Gasteiger partial charge in [0.25, 0.3) is 0 Å². The van der Waals surface area contributed by atoms with Crippen molar-refractivity contribution in [2.45, 2.75) is 51.9 Å². The number of hydrogen-bond donors (Lipinski definition) is 1. The quantitative estimate of drug-likeness (QED) is 0.328. The second-order valence-corrected chi connectivity index (χ2v) is 3.09. The molecule has 0 fully saturated rings. The molecule has 0 amide bonds. The van der Waals surface area contributed by atoms with Gasteiger partial charge in [-0.25, -0.2) is 10.1 Å². The maximum absolute atomic E-state index is 7.72. The second-order valence-electron chi connectivity index (χ2n) is 3.09. The van der Waals surface area contributed by atoms with Crippen LogP contribution < -0.4 is 0 Å². The molecule has 0 aliphatic carbocycles. The molecule has 0 heterocycles. The Hall–Kier alpha value is -0.160. The number of rotatable bonds is 10. The molecule has 0 aliphatic rings. The van der Waals surface area contributed by atoms with Crippen molar-refractivity contribution in [3.8, 4) is 0 Å². The van der Waals surface area contributed by atoms with Gasteiger partial charge in [-0.2, -0.15) is 0 Å². The average molecular weight is 192 g/mol. The molecule has 0 aromatic heterocycles. The molecule has 0 saturated heterocycles. The number of unbranched alkanes of at least 4 members (excludes halogenated alkanes) is 6. The Morgan fingerprint density at radius 1 is 0.923 bits per heavy atom. The molecule has 0 saturated carbocycles. The fraction of sp³-hybridized carbons (Fsp3) is 1.00. The predicted octanol–water partition coefficient (Wildman–Crippen LogP) is 3.09. The highest BCUT2D eigenvalue weighted by Crippen LogP contribution is 2.06. The summed E-state index contributed by atoms with van der Waals surface area (Å²) in [7, 11) is 0. The summed E-state index contributed by atoms with van der Waals surface area (Å²) in [6.45, 7) is 2.68. The molecular formula is C9H20O4. The molecule has 0 aromatic rings. The van der Waals surface area contributed by atoms with Crippen LogP contribution in [0.4, 0.5) is 0 Å². The van der Waals surface area contributed by atoms with Crippen LogP contribution in [0.1, 0.15) is 51.9 Å². The van der Waals surface area contributed by atoms with Gasteiger partial charge in [-0.05, 0) is 16.5 Å². The lowest BCUT2D eigenvalue weighted by Crippen LogP contribution is -1.95. The molecule has 0 aromatic carbocycles. The Morgan fingerprint density at radius 2 is 1.54 bits per heavy atom. The lowest BCUT2D eigenvalue weighted by Gasteiger charge is -2.00. The van der Waals surface area contributed by atoms with Crippen molar-refractivity contribution in [3.05, 3.63) is 0 Å². The summed E-state index contributed by atoms with van der Waals surface area (Å²) in [5, 5.41) is 14.8. The first kappa shape index (κ1) is 12.8. The normalized spacial score (nSPS) is 10.6. The van der Waals surface area contributed by atoms with Gasteiger partial charge in [0.1, 0.15) is 0 Å². The van der Waals surface area contributed by atoms with E-state index in [1.54, 1.807) is 0 Å². The molecule has 0 aliphatic heterocycles. The fourth-order valence-electron chi connectivity index (χ4n) is 1.17. The van der Waals surface area contributed by atoms with Gasteiger partial charge in [-0.3, -0.25) is 0 Å². The zero-order valence-electron chi connectivity index (χ0n) is 8.33. The van der Waals surface area contributed by atoms with Crippen molar-refractivity contribution in [2.75, 3.05) is 6.61 Å². The minimum Gasteiger partial charge on any atom is -0.219 e. The second kappa shape index (κ2) is 11.8. The van der Waals surface area contributed by atoms with E-state index < -0.39 is 0 Å². The first-order valence-electron chi connectivity index (χ1n) is 5.01. The molecule has 80 valence electrons. The van der Waals surface area contributed by atoms with Gasteiger partial charge in [0.05, 0.1) is 6.61 Å². The summed E-state index contributed by atoms with van der Waals surface area (Å²) in [5.41, 5.74) is 0. The van der Waals surface area contributed by atoms with Crippen LogP contribution in [0, 0.1) is 0 Å². The lowest BCUT2D eigenvalue weighted by molar-refractivity contribution is -0.623. The molecule has 0 unspecified atom stereocenters. The minimum absolute atomic E-state index is 0.467. The van der Waals surface area contributed by atoms with Crippen LogP contribution in [0.5, 0.6) is 0 Å². The first-order chi connectivity index (χ1) is 6.41. The molecule has 4 nitrogen and oxygen atoms in total. The molecule has 0 radical (unpaired) electrons. The maximum atomic E-state index is 7.72. The van der Waals surface area contributed by atoms with Crippen LogP contribution in [-0.4, -0.2) is 11.9 Å². The van der Waals surface area contributed by atoms with Crippen LogP contribution in [0.3, 0.4) is 0 Å². The molecule has 1 N–H and O–H groups in total. The van der Waals surface area contributed by atoms with E-state index in [9.17, 15) is 0 Å². The Kier molecular flexibility index (Phi) is 11.7. The smallest absolute Gasteiger partial charge is 0.0854 e. The van der Waals surface area contributed by atoms with Crippen LogP contribution in [-0.2, 0) is 15.0 Å². The monoisotopic (exact) mass is 192 g/mol. The van der Waals surface area contributed by atoms with E-state index >= 15 is 0 Å². The van der Waals surface area contributed by atoms with Gasteiger partial charge in [-0.15, -0.1) is 0 Å². The molecule has 13 heavy (non-hydrogen) atoms. The van der Waals surface area contributed by atoms with E-state index in [-0.39, 0.29) is 0 Å². The van der Waals surface area contributed by atoms with E-state index in [0.29, 0.717) is 6.61 Å². The highest BCUT2D eigenvalue weighted by molar-refractivity contribution is 4.43. The SMILES string of the molecule is CCCCCCCCCOOOO. The topological polar surface area (TPSA) is 47.9 Å². The zero-order chi connectivity index (χ0) is 9.78. The molecule has 0 spiro atoms. The predicted molar refractivity (Wildman–Crippen MR) is 48.7 cm³/mol. The summed E-state index contributed by atoms with van der Waals surface area (Å²) in [6, 6.07) is 0. The van der Waals surface area contributed by atoms with E-state index in [2.05, 4.69) is 21.9 Å². The minimum atomic E-state index is 0.467. The van der Waals surface area contributed by atoms with Gasteiger partial charge in [0, 0.05) is 0 Å². The summed E-state index contributed by atoms with van der Waals surface area (Å²) < 4.78 is 0. The van der Waals surface area contributed by atoms with Gasteiger partial charge in [0.2, 0.25) is 0 Å². The Morgan fingerprint density at radius 3 is 2.15 bits per heavy atom. The Labute approximate surface area is 79.6 Å². The van der Waals surface area contributed by atoms with Crippen molar-refractivity contribution in [1.82, 2.24) is 0 Å². The molecule has 0 bridgehead atoms. The summed E-state index contributed by atoms with van der Waals surface area (Å²) in [5.74, 6) is 0. The molecule has 0 atom stereocenters. The Balaban J connectivity index is 2.76. The van der Waals surface area contributed by atoms with Crippen LogP contribution in [0.2, 0.25) is 0 Å². The van der Waals surface area contributed by atoms with Crippen molar-refractivity contribution >= 4 is 0 Å². The molecule has 4 heteroatoms. The summed E-state index contributed by atoms with van der Waals surface area (Å²) in [6.07, 6.45) is 8.55. The standard InChI is InChI=1S/C9H20O4/c1-2-3-4-5-6-7-8-9-11-13-12-10/h10H,2-9H2,1H3. The largest absolute Gasteiger partial charge is 0.219 e. The van der Waals surface area contributed by atoms with Crippen LogP contribution in [0.15, 0.2) is 0 Å². The van der Waals surface area contributed by atoms with Crippen molar-refractivity contribution < 1.29 is 20.2 Å². The van der Waals surface area contributed by atoms with Gasteiger partial charge in [-0.1, -0.05) is 45.4 Å². The molecular weight excluding hydrogens is 172 g/mol. The van der Waals surface area contributed by atoms with E-state index in [4.69, 9.17) is 5.26 Å². The number of hydrogen-bond acceptors (Lipinski definition) is 4. The summed E-state index contributed by atoms with van der Waals surface area (Å²) >= 11 is 0. The van der Waals surface area contributed by atoms with Gasteiger partial charge < -0.3 is 0 Å². The third-order valence-corrected chi connectivity index (χ3v) is 1.91. The summed E-state index contributed by atoms with van der Waals surface area (Å²) in [4.78, 5) is 4.44. The third-order valence-electron chi connectivity index (χ3n) is 1.91. The Bertz CT molecular complexity index is 77.7. The van der Waals surface area contributed by atoms with Crippen molar-refractivity contribution in [2.24, 2.45) is 0 Å².